The summed E-state index contributed by atoms with van der Waals surface area (Å²) in [4.78, 5) is 24.1. The highest BCUT2D eigenvalue weighted by Gasteiger charge is 2.42. The minimum absolute atomic E-state index is 0.0971. The number of hydrogen-bond donors (Lipinski definition) is 2. The fourth-order valence-electron chi connectivity index (χ4n) is 2.73. The quantitative estimate of drug-likeness (QED) is 0.758. The minimum atomic E-state index is -1.58. The van der Waals surface area contributed by atoms with Crippen LogP contribution in [0.5, 0.6) is 0 Å². The molecular weight excluding hydrogens is 302 g/mol. The Morgan fingerprint density at radius 1 is 1.55 bits per heavy atom. The number of alkyl halides is 1. The maximum Gasteiger partial charge on any atom is 0.333 e. The highest BCUT2D eigenvalue weighted by atomic mass is 35.5. The zero-order valence-electron chi connectivity index (χ0n) is 11.2. The number of carbonyl (C=O) groups excluding carboxylic acids is 2. The normalized spacial score (nSPS) is 30.0. The largest absolute Gasteiger partial charge is 0.369 e. The summed E-state index contributed by atoms with van der Waals surface area (Å²) in [6.45, 7) is 2.20. The molecule has 1 aliphatic heterocycles. The van der Waals surface area contributed by atoms with Gasteiger partial charge in [-0.1, -0.05) is 6.92 Å². The molecule has 0 aromatic heterocycles. The smallest absolute Gasteiger partial charge is 0.333 e. The Hall–Kier alpha value is -1.08. The van der Waals surface area contributed by atoms with E-state index in [0.29, 0.717) is 17.0 Å². The maximum atomic E-state index is 12.6. The summed E-state index contributed by atoms with van der Waals surface area (Å²) in [5.41, 5.74) is 5.84. The Morgan fingerprint density at radius 3 is 2.80 bits per heavy atom. The van der Waals surface area contributed by atoms with Crippen molar-refractivity contribution in [2.75, 3.05) is 12.4 Å². The first-order chi connectivity index (χ1) is 9.51. The molecule has 112 valence electrons. The molecule has 2 rings (SSSR count). The molecule has 3 atom stereocenters. The van der Waals surface area contributed by atoms with Gasteiger partial charge in [0.2, 0.25) is 5.91 Å². The van der Waals surface area contributed by atoms with E-state index in [4.69, 9.17) is 17.3 Å². The average Bonchev–Trinajstić information content (AvgIpc) is 2.41. The summed E-state index contributed by atoms with van der Waals surface area (Å²) in [5, 5.41) is 2.69. The van der Waals surface area contributed by atoms with Gasteiger partial charge in [0.05, 0.1) is 17.4 Å². The van der Waals surface area contributed by atoms with Crippen LogP contribution >= 0.6 is 11.6 Å². The number of nitrogens with one attached hydrogen (secondary N) is 1. The van der Waals surface area contributed by atoms with Gasteiger partial charge in [-0.15, -0.1) is 11.6 Å². The monoisotopic (exact) mass is 319 g/mol. The van der Waals surface area contributed by atoms with Crippen LogP contribution in [0.1, 0.15) is 26.2 Å². The van der Waals surface area contributed by atoms with E-state index < -0.39 is 28.8 Å². The van der Waals surface area contributed by atoms with Gasteiger partial charge in [-0.05, 0) is 25.2 Å². The molecule has 6 nitrogen and oxygen atoms in total. The van der Waals surface area contributed by atoms with Gasteiger partial charge in [0, 0.05) is 11.6 Å². The minimum Gasteiger partial charge on any atom is -0.369 e. The molecule has 0 saturated carbocycles. The van der Waals surface area contributed by atoms with Crippen molar-refractivity contribution < 1.29 is 13.8 Å². The van der Waals surface area contributed by atoms with Crippen LogP contribution in [-0.4, -0.2) is 32.9 Å². The van der Waals surface area contributed by atoms with Gasteiger partial charge in [-0.2, -0.15) is 0 Å². The molecule has 0 aromatic carbocycles. The number of nitrogens with two attached hydrogens (primary N) is 1. The van der Waals surface area contributed by atoms with E-state index in [2.05, 4.69) is 5.32 Å². The van der Waals surface area contributed by atoms with Crippen LogP contribution in [0.15, 0.2) is 10.6 Å². The van der Waals surface area contributed by atoms with Crippen LogP contribution in [-0.2, 0) is 15.8 Å². The van der Waals surface area contributed by atoms with Crippen LogP contribution in [0.25, 0.3) is 0 Å². The van der Waals surface area contributed by atoms with E-state index in [0.717, 1.165) is 12.8 Å². The summed E-state index contributed by atoms with van der Waals surface area (Å²) in [6, 6.07) is -0.481. The molecule has 2 aliphatic rings. The van der Waals surface area contributed by atoms with Crippen molar-refractivity contribution >= 4 is 34.5 Å². The lowest BCUT2D eigenvalue weighted by Crippen LogP contribution is -2.51. The van der Waals surface area contributed by atoms with Crippen molar-refractivity contribution in [3.05, 3.63) is 10.6 Å². The first-order valence-corrected chi connectivity index (χ1v) is 8.25. The molecule has 0 saturated heterocycles. The number of urea groups is 1. The van der Waals surface area contributed by atoms with Crippen molar-refractivity contribution in [1.29, 1.82) is 0 Å². The molecule has 0 aromatic rings. The highest BCUT2D eigenvalue weighted by Crippen LogP contribution is 2.39. The van der Waals surface area contributed by atoms with E-state index in [1.807, 2.05) is 6.92 Å². The van der Waals surface area contributed by atoms with E-state index in [1.54, 1.807) is 0 Å². The summed E-state index contributed by atoms with van der Waals surface area (Å²) in [6.07, 6.45) is 2.14. The van der Waals surface area contributed by atoms with Crippen LogP contribution < -0.4 is 11.1 Å². The predicted molar refractivity (Wildman–Crippen MR) is 76.8 cm³/mol. The van der Waals surface area contributed by atoms with Gasteiger partial charge in [0.1, 0.15) is 0 Å². The summed E-state index contributed by atoms with van der Waals surface area (Å²) in [7, 11) is -1.58. The van der Waals surface area contributed by atoms with Gasteiger partial charge in [-0.25, -0.2) is 13.3 Å². The highest BCUT2D eigenvalue weighted by molar-refractivity contribution is 7.87. The third kappa shape index (κ3) is 2.56. The fourth-order valence-corrected chi connectivity index (χ4v) is 4.64. The third-order valence-corrected chi connectivity index (χ3v) is 5.62. The lowest BCUT2D eigenvalue weighted by molar-refractivity contribution is -0.121. The lowest BCUT2D eigenvalue weighted by atomic mass is 9.83. The number of halogens is 1. The molecule has 3 N–H and O–H groups in total. The molecule has 1 heterocycles. The Morgan fingerprint density at radius 2 is 2.25 bits per heavy atom. The zero-order chi connectivity index (χ0) is 14.9. The van der Waals surface area contributed by atoms with Gasteiger partial charge in [0.15, 0.2) is 11.0 Å². The van der Waals surface area contributed by atoms with Crippen LogP contribution in [0.2, 0.25) is 0 Å². The van der Waals surface area contributed by atoms with Gasteiger partial charge in [0.25, 0.3) is 0 Å². The molecule has 0 bridgehead atoms. The van der Waals surface area contributed by atoms with E-state index in [-0.39, 0.29) is 18.3 Å². The number of primary amides is 1. The number of rotatable bonds is 4. The first kappa shape index (κ1) is 15.3. The third-order valence-electron chi connectivity index (χ3n) is 3.77. The Balaban J connectivity index is 2.45. The zero-order valence-corrected chi connectivity index (χ0v) is 12.8. The Labute approximate surface area is 125 Å². The SMILES string of the molecule is CCC1CCC(C(N)=O)C2=C1S(=O)N(CCCl)C(=O)N2. The molecule has 0 fully saturated rings. The molecule has 0 radical (unpaired) electrons. The molecule has 3 unspecified atom stereocenters. The van der Waals surface area contributed by atoms with Gasteiger partial charge < -0.3 is 11.1 Å². The lowest BCUT2D eigenvalue weighted by Gasteiger charge is -2.38. The summed E-state index contributed by atoms with van der Waals surface area (Å²) < 4.78 is 13.8. The molecule has 8 heteroatoms. The molecule has 0 spiro atoms. The second kappa shape index (κ2) is 6.13. The second-order valence-corrected chi connectivity index (χ2v) is 6.64. The number of nitrogens with zero attached hydrogens (tertiary/aromatic N) is 1. The van der Waals surface area contributed by atoms with Crippen LogP contribution in [0.3, 0.4) is 0 Å². The maximum absolute atomic E-state index is 12.6. The molecule has 20 heavy (non-hydrogen) atoms. The summed E-state index contributed by atoms with van der Waals surface area (Å²) >= 11 is 5.64. The van der Waals surface area contributed by atoms with Crippen molar-refractivity contribution in [2.45, 2.75) is 26.2 Å². The van der Waals surface area contributed by atoms with Crippen LogP contribution in [0.4, 0.5) is 4.79 Å². The number of amides is 3. The predicted octanol–water partition coefficient (Wildman–Crippen LogP) is 1.05. The second-order valence-electron chi connectivity index (χ2n) is 4.89. The Kier molecular flexibility index (Phi) is 4.70. The van der Waals surface area contributed by atoms with Crippen molar-refractivity contribution in [3.8, 4) is 0 Å². The van der Waals surface area contributed by atoms with Crippen molar-refractivity contribution in [1.82, 2.24) is 9.62 Å². The number of allylic oxidation sites excluding steroid dienone is 1. The number of hydrogen-bond acceptors (Lipinski definition) is 3. The summed E-state index contributed by atoms with van der Waals surface area (Å²) in [5.74, 6) is -0.744. The van der Waals surface area contributed by atoms with E-state index in [1.165, 1.54) is 4.31 Å². The van der Waals surface area contributed by atoms with Gasteiger partial charge >= 0.3 is 6.03 Å². The Bertz CT molecular complexity index is 494. The van der Waals surface area contributed by atoms with Crippen LogP contribution in [0, 0.1) is 11.8 Å². The van der Waals surface area contributed by atoms with E-state index >= 15 is 0 Å². The average molecular weight is 320 g/mol. The first-order valence-electron chi connectivity index (χ1n) is 6.61. The van der Waals surface area contributed by atoms with Crippen molar-refractivity contribution in [3.63, 3.8) is 0 Å². The fraction of sp³-hybridized carbons (Fsp3) is 0.667. The number of carbonyl (C=O) groups is 2. The molecular formula is C12H18ClN3O3S. The molecule has 1 aliphatic carbocycles. The standard InChI is InChI=1S/C12H18ClN3O3S/c1-2-7-3-4-8(11(14)17)9-10(7)20(19)16(6-5-13)12(18)15-9/h7-8H,2-6H2,1H3,(H2,14,17)(H,15,18). The molecule has 3 amide bonds. The van der Waals surface area contributed by atoms with E-state index in [9.17, 15) is 13.8 Å². The van der Waals surface area contributed by atoms with Crippen molar-refractivity contribution in [2.24, 2.45) is 17.6 Å². The van der Waals surface area contributed by atoms with Gasteiger partial charge in [-0.3, -0.25) is 4.79 Å². The topological polar surface area (TPSA) is 92.5 Å².